The molecule has 0 bridgehead atoms. The van der Waals surface area contributed by atoms with Crippen molar-refractivity contribution in [1.82, 2.24) is 15.1 Å². The number of benzene rings is 1. The summed E-state index contributed by atoms with van der Waals surface area (Å²) < 4.78 is 16.2. The van der Waals surface area contributed by atoms with Crippen LogP contribution in [-0.4, -0.2) is 87.8 Å². The Kier molecular flexibility index (Phi) is 8.13. The van der Waals surface area contributed by atoms with Gasteiger partial charge in [0, 0.05) is 39.4 Å². The van der Waals surface area contributed by atoms with Crippen LogP contribution in [0.5, 0.6) is 11.5 Å². The van der Waals surface area contributed by atoms with Gasteiger partial charge in [-0.3, -0.25) is 9.59 Å². The molecule has 2 saturated heterocycles. The number of piperidine rings is 1. The van der Waals surface area contributed by atoms with Gasteiger partial charge in [-0.1, -0.05) is 0 Å². The quantitative estimate of drug-likeness (QED) is 0.760. The first kappa shape index (κ1) is 23.3. The Morgan fingerprint density at radius 2 is 1.59 bits per heavy atom. The zero-order chi connectivity index (χ0) is 20.1. The zero-order valence-corrected chi connectivity index (χ0v) is 18.0. The molecule has 2 aliphatic rings. The van der Waals surface area contributed by atoms with Crippen LogP contribution in [0.1, 0.15) is 23.2 Å². The third-order valence-corrected chi connectivity index (χ3v) is 5.68. The SMILES string of the molecule is COc1ccc(C(=O)N2CCN(C(=O)C3(OC)CCNCC3)CC2)c(OC)c1.Cl. The van der Waals surface area contributed by atoms with Gasteiger partial charge in [0.15, 0.2) is 0 Å². The zero-order valence-electron chi connectivity index (χ0n) is 17.2. The lowest BCUT2D eigenvalue weighted by molar-refractivity contribution is -0.159. The largest absolute Gasteiger partial charge is 0.497 e. The summed E-state index contributed by atoms with van der Waals surface area (Å²) in [4.78, 5) is 29.6. The van der Waals surface area contributed by atoms with Gasteiger partial charge in [-0.05, 0) is 38.1 Å². The number of carbonyl (C=O) groups is 2. The molecule has 9 heteroatoms. The fourth-order valence-electron chi connectivity index (χ4n) is 3.88. The molecular formula is C20H30ClN3O5. The number of hydrogen-bond acceptors (Lipinski definition) is 6. The lowest BCUT2D eigenvalue weighted by atomic mass is 9.90. The maximum Gasteiger partial charge on any atom is 0.257 e. The van der Waals surface area contributed by atoms with Crippen LogP contribution >= 0.6 is 12.4 Å². The number of hydrogen-bond donors (Lipinski definition) is 1. The highest BCUT2D eigenvalue weighted by atomic mass is 35.5. The highest BCUT2D eigenvalue weighted by Crippen LogP contribution is 2.28. The molecule has 0 unspecified atom stereocenters. The molecule has 2 aliphatic heterocycles. The lowest BCUT2D eigenvalue weighted by Crippen LogP contribution is -2.59. The topological polar surface area (TPSA) is 80.3 Å². The van der Waals surface area contributed by atoms with E-state index in [1.54, 1.807) is 37.3 Å². The van der Waals surface area contributed by atoms with Crippen LogP contribution in [0.25, 0.3) is 0 Å². The van der Waals surface area contributed by atoms with E-state index in [9.17, 15) is 9.59 Å². The number of halogens is 1. The minimum absolute atomic E-state index is 0. The number of amides is 2. The van der Waals surface area contributed by atoms with Crippen molar-refractivity contribution in [3.8, 4) is 11.5 Å². The summed E-state index contributed by atoms with van der Waals surface area (Å²) in [5, 5.41) is 3.27. The maximum atomic E-state index is 13.1. The second-order valence-electron chi connectivity index (χ2n) is 7.10. The van der Waals surface area contributed by atoms with E-state index in [0.717, 1.165) is 13.1 Å². The van der Waals surface area contributed by atoms with E-state index in [-0.39, 0.29) is 24.2 Å². The Bertz CT molecular complexity index is 716. The molecule has 2 amide bonds. The first-order chi connectivity index (χ1) is 13.5. The molecule has 29 heavy (non-hydrogen) atoms. The van der Waals surface area contributed by atoms with Crippen molar-refractivity contribution in [2.45, 2.75) is 18.4 Å². The van der Waals surface area contributed by atoms with E-state index < -0.39 is 5.60 Å². The molecule has 2 fully saturated rings. The van der Waals surface area contributed by atoms with Gasteiger partial charge in [-0.2, -0.15) is 0 Å². The minimum atomic E-state index is -0.739. The molecule has 8 nitrogen and oxygen atoms in total. The summed E-state index contributed by atoms with van der Waals surface area (Å²) in [6, 6.07) is 5.16. The fourth-order valence-corrected chi connectivity index (χ4v) is 3.88. The monoisotopic (exact) mass is 427 g/mol. The molecule has 0 spiro atoms. The average Bonchev–Trinajstić information content (AvgIpc) is 2.78. The molecule has 1 N–H and O–H groups in total. The number of rotatable bonds is 5. The van der Waals surface area contributed by atoms with Crippen molar-refractivity contribution < 1.29 is 23.8 Å². The standard InChI is InChI=1S/C20H29N3O5.ClH/c1-26-15-4-5-16(17(14-15)27-2)18(24)22-10-12-23(13-11-22)19(25)20(28-3)6-8-21-9-7-20;/h4-5,14,21H,6-13H2,1-3H3;1H. The number of methoxy groups -OCH3 is 3. The molecule has 2 heterocycles. The van der Waals surface area contributed by atoms with E-state index in [0.29, 0.717) is 56.1 Å². The van der Waals surface area contributed by atoms with Crippen molar-refractivity contribution >= 4 is 24.2 Å². The van der Waals surface area contributed by atoms with E-state index in [2.05, 4.69) is 5.32 Å². The molecule has 0 saturated carbocycles. The Balaban J connectivity index is 0.00000300. The average molecular weight is 428 g/mol. The summed E-state index contributed by atoms with van der Waals surface area (Å²) >= 11 is 0. The van der Waals surface area contributed by atoms with E-state index in [4.69, 9.17) is 14.2 Å². The smallest absolute Gasteiger partial charge is 0.257 e. The summed E-state index contributed by atoms with van der Waals surface area (Å²) in [6.07, 6.45) is 1.34. The summed E-state index contributed by atoms with van der Waals surface area (Å²) in [5.74, 6) is 1.05. The van der Waals surface area contributed by atoms with Gasteiger partial charge in [0.1, 0.15) is 17.1 Å². The molecule has 1 aromatic carbocycles. The first-order valence-electron chi connectivity index (χ1n) is 9.61. The van der Waals surface area contributed by atoms with Crippen molar-refractivity contribution in [2.24, 2.45) is 0 Å². The van der Waals surface area contributed by atoms with Crippen LogP contribution in [0, 0.1) is 0 Å². The van der Waals surface area contributed by atoms with Gasteiger partial charge in [0.25, 0.3) is 11.8 Å². The summed E-state index contributed by atoms with van der Waals surface area (Å²) in [6.45, 7) is 3.52. The Morgan fingerprint density at radius 3 is 2.14 bits per heavy atom. The van der Waals surface area contributed by atoms with Gasteiger partial charge in [0.05, 0.1) is 19.8 Å². The predicted molar refractivity (Wildman–Crippen MR) is 111 cm³/mol. The van der Waals surface area contributed by atoms with Gasteiger partial charge < -0.3 is 29.3 Å². The van der Waals surface area contributed by atoms with Crippen molar-refractivity contribution in [3.63, 3.8) is 0 Å². The number of carbonyl (C=O) groups excluding carboxylic acids is 2. The lowest BCUT2D eigenvalue weighted by Gasteiger charge is -2.42. The Labute approximate surface area is 177 Å². The normalized spacial score (nSPS) is 18.6. The van der Waals surface area contributed by atoms with Crippen LogP contribution in [0.4, 0.5) is 0 Å². The third kappa shape index (κ3) is 4.76. The van der Waals surface area contributed by atoms with E-state index in [1.807, 2.05) is 4.90 Å². The van der Waals surface area contributed by atoms with Crippen molar-refractivity contribution in [2.75, 3.05) is 60.6 Å². The van der Waals surface area contributed by atoms with Crippen molar-refractivity contribution in [3.05, 3.63) is 23.8 Å². The molecule has 0 aromatic heterocycles. The van der Waals surface area contributed by atoms with Gasteiger partial charge in [-0.25, -0.2) is 0 Å². The summed E-state index contributed by atoms with van der Waals surface area (Å²) in [7, 11) is 4.71. The van der Waals surface area contributed by atoms with Crippen LogP contribution in [-0.2, 0) is 9.53 Å². The molecular weight excluding hydrogens is 398 g/mol. The highest BCUT2D eigenvalue weighted by Gasteiger charge is 2.43. The van der Waals surface area contributed by atoms with Crippen molar-refractivity contribution in [1.29, 1.82) is 0 Å². The second kappa shape index (κ2) is 10.1. The minimum Gasteiger partial charge on any atom is -0.497 e. The van der Waals surface area contributed by atoms with Gasteiger partial charge in [-0.15, -0.1) is 12.4 Å². The third-order valence-electron chi connectivity index (χ3n) is 5.68. The maximum absolute atomic E-state index is 13.1. The van der Waals surface area contributed by atoms with E-state index in [1.165, 1.54) is 7.11 Å². The number of nitrogens with zero attached hydrogens (tertiary/aromatic N) is 2. The molecule has 0 radical (unpaired) electrons. The number of piperazine rings is 1. The molecule has 162 valence electrons. The highest BCUT2D eigenvalue weighted by molar-refractivity contribution is 5.97. The van der Waals surface area contributed by atoms with Crippen LogP contribution < -0.4 is 14.8 Å². The van der Waals surface area contributed by atoms with Gasteiger partial charge >= 0.3 is 0 Å². The summed E-state index contributed by atoms with van der Waals surface area (Å²) in [5.41, 5.74) is -0.244. The first-order valence-corrected chi connectivity index (χ1v) is 9.61. The van der Waals surface area contributed by atoms with Crippen LogP contribution in [0.15, 0.2) is 18.2 Å². The van der Waals surface area contributed by atoms with Gasteiger partial charge in [0.2, 0.25) is 0 Å². The Morgan fingerprint density at radius 1 is 0.966 bits per heavy atom. The molecule has 1 aromatic rings. The molecule has 0 atom stereocenters. The second-order valence-corrected chi connectivity index (χ2v) is 7.10. The molecule has 3 rings (SSSR count). The fraction of sp³-hybridized carbons (Fsp3) is 0.600. The number of ether oxygens (including phenoxy) is 3. The Hall–Kier alpha value is -2.03. The number of nitrogens with one attached hydrogen (secondary N) is 1. The molecule has 0 aliphatic carbocycles. The predicted octanol–water partition coefficient (Wildman–Crippen LogP) is 1.18. The van der Waals surface area contributed by atoms with E-state index >= 15 is 0 Å². The van der Waals surface area contributed by atoms with Crippen LogP contribution in [0.2, 0.25) is 0 Å². The van der Waals surface area contributed by atoms with Crippen LogP contribution in [0.3, 0.4) is 0 Å².